The number of benzene rings is 1. The van der Waals surface area contributed by atoms with Crippen molar-refractivity contribution in [1.29, 1.82) is 0 Å². The van der Waals surface area contributed by atoms with Gasteiger partial charge >= 0.3 is 0 Å². The van der Waals surface area contributed by atoms with Gasteiger partial charge in [0.05, 0.1) is 13.8 Å². The third-order valence-corrected chi connectivity index (χ3v) is 2.37. The molecule has 1 aromatic rings. The van der Waals surface area contributed by atoms with Crippen molar-refractivity contribution in [1.82, 2.24) is 0 Å². The topological polar surface area (TPSA) is 9.23 Å². The van der Waals surface area contributed by atoms with E-state index in [1.54, 1.807) is 7.11 Å². The van der Waals surface area contributed by atoms with E-state index in [1.165, 1.54) is 0 Å². The molecule has 0 aliphatic rings. The van der Waals surface area contributed by atoms with E-state index in [4.69, 9.17) is 4.74 Å². The highest BCUT2D eigenvalue weighted by atomic mass is 19.1. The molecule has 0 unspecified atom stereocenters. The van der Waals surface area contributed by atoms with Crippen LogP contribution in [-0.4, -0.2) is 13.8 Å². The highest BCUT2D eigenvalue weighted by molar-refractivity contribution is 5.46. The maximum atomic E-state index is 12.5. The lowest BCUT2D eigenvalue weighted by atomic mass is 9.94. The molecule has 0 aliphatic carbocycles. The molecule has 0 heterocycles. The van der Waals surface area contributed by atoms with E-state index in [-0.39, 0.29) is 0 Å². The highest BCUT2D eigenvalue weighted by Gasteiger charge is 2.13. The summed E-state index contributed by atoms with van der Waals surface area (Å²) in [6.07, 6.45) is 0.858. The largest absolute Gasteiger partial charge is 0.496 e. The van der Waals surface area contributed by atoms with Crippen LogP contribution in [0.25, 0.3) is 0 Å². The quantitative estimate of drug-likeness (QED) is 0.717. The summed E-state index contributed by atoms with van der Waals surface area (Å²) in [4.78, 5) is 0. The lowest BCUT2D eigenvalue weighted by Gasteiger charge is -2.15. The molecule has 1 aromatic carbocycles. The third-order valence-electron chi connectivity index (χ3n) is 2.37. The monoisotopic (exact) mass is 195 g/mol. The Morgan fingerprint density at radius 3 is 2.64 bits per heavy atom. The van der Waals surface area contributed by atoms with E-state index >= 15 is 0 Å². The number of hydrogen-bond acceptors (Lipinski definition) is 1. The molecule has 1 nitrogen and oxygen atoms in total. The van der Waals surface area contributed by atoms with Crippen molar-refractivity contribution < 1.29 is 9.13 Å². The summed E-state index contributed by atoms with van der Waals surface area (Å²) in [6, 6.07) is 5.75. The summed E-state index contributed by atoms with van der Waals surface area (Å²) in [5, 5.41) is 0. The first-order valence-corrected chi connectivity index (χ1v) is 4.79. The zero-order chi connectivity index (χ0) is 10.6. The fourth-order valence-corrected chi connectivity index (χ4v) is 1.59. The van der Waals surface area contributed by atoms with E-state index in [0.717, 1.165) is 29.2 Å². The summed E-state index contributed by atoms with van der Waals surface area (Å²) in [5.74, 6) is 1.61. The standard InChI is InChI=1S/C12H16FO/c1-4-10-11(9(2)8-13)6-5-7-12(10)14-3/h5-7H,4,8H2,1-3H3. The molecule has 0 aromatic heterocycles. The molecule has 0 fully saturated rings. The summed E-state index contributed by atoms with van der Waals surface area (Å²) < 4.78 is 17.8. The van der Waals surface area contributed by atoms with E-state index < -0.39 is 6.67 Å². The van der Waals surface area contributed by atoms with Crippen molar-refractivity contribution >= 4 is 0 Å². The van der Waals surface area contributed by atoms with Crippen LogP contribution in [0.5, 0.6) is 5.75 Å². The molecule has 0 bridgehead atoms. The summed E-state index contributed by atoms with van der Waals surface area (Å²) in [7, 11) is 1.64. The van der Waals surface area contributed by atoms with Gasteiger partial charge in [0.15, 0.2) is 0 Å². The Labute approximate surface area is 84.9 Å². The predicted molar refractivity (Wildman–Crippen MR) is 56.4 cm³/mol. The fraction of sp³-hybridized carbons (Fsp3) is 0.417. The molecule has 0 N–H and O–H groups in total. The maximum absolute atomic E-state index is 12.5. The molecule has 1 rings (SSSR count). The van der Waals surface area contributed by atoms with Crippen molar-refractivity contribution in [3.05, 3.63) is 35.2 Å². The summed E-state index contributed by atoms with van der Waals surface area (Å²) in [5.41, 5.74) is 2.07. The highest BCUT2D eigenvalue weighted by Crippen LogP contribution is 2.27. The van der Waals surface area contributed by atoms with Gasteiger partial charge in [-0.15, -0.1) is 0 Å². The number of halogens is 1. The number of alkyl halides is 1. The second-order valence-corrected chi connectivity index (χ2v) is 3.25. The van der Waals surface area contributed by atoms with Crippen LogP contribution < -0.4 is 4.74 Å². The van der Waals surface area contributed by atoms with Crippen LogP contribution in [0.4, 0.5) is 4.39 Å². The molecule has 0 spiro atoms. The Morgan fingerprint density at radius 1 is 1.43 bits per heavy atom. The van der Waals surface area contributed by atoms with Crippen LogP contribution >= 0.6 is 0 Å². The minimum Gasteiger partial charge on any atom is -0.496 e. The molecule has 77 valence electrons. The number of hydrogen-bond donors (Lipinski definition) is 0. The Bertz CT molecular complexity index is 296. The van der Waals surface area contributed by atoms with Gasteiger partial charge in [0.25, 0.3) is 0 Å². The van der Waals surface area contributed by atoms with E-state index in [9.17, 15) is 4.39 Å². The second kappa shape index (κ2) is 4.99. The number of ether oxygens (including phenoxy) is 1. The van der Waals surface area contributed by atoms with Crippen LogP contribution in [0.15, 0.2) is 18.2 Å². The van der Waals surface area contributed by atoms with Crippen molar-refractivity contribution in [3.63, 3.8) is 0 Å². The first-order valence-electron chi connectivity index (χ1n) is 4.79. The lowest BCUT2D eigenvalue weighted by molar-refractivity contribution is 0.409. The first-order chi connectivity index (χ1) is 6.74. The minimum atomic E-state index is -0.403. The van der Waals surface area contributed by atoms with E-state index in [0.29, 0.717) is 0 Å². The average Bonchev–Trinajstić information content (AvgIpc) is 2.26. The van der Waals surface area contributed by atoms with Gasteiger partial charge in [-0.3, -0.25) is 4.39 Å². The first kappa shape index (κ1) is 11.0. The molecule has 0 saturated carbocycles. The molecule has 0 saturated heterocycles. The van der Waals surface area contributed by atoms with Crippen molar-refractivity contribution in [2.45, 2.75) is 20.3 Å². The smallest absolute Gasteiger partial charge is 0.122 e. The second-order valence-electron chi connectivity index (χ2n) is 3.25. The van der Waals surface area contributed by atoms with E-state index in [1.807, 2.05) is 32.0 Å². The summed E-state index contributed by atoms with van der Waals surface area (Å²) in [6.45, 7) is 3.46. The Balaban J connectivity index is 3.14. The van der Waals surface area contributed by atoms with Gasteiger partial charge in [-0.2, -0.15) is 0 Å². The number of methoxy groups -OCH3 is 1. The number of rotatable bonds is 4. The Kier molecular flexibility index (Phi) is 3.93. The molecular weight excluding hydrogens is 179 g/mol. The Morgan fingerprint density at radius 2 is 2.14 bits per heavy atom. The van der Waals surface area contributed by atoms with Gasteiger partial charge < -0.3 is 4.74 Å². The SMILES string of the molecule is CCc1c(OC)cccc1[C](C)CF. The van der Waals surface area contributed by atoms with Gasteiger partial charge in [0, 0.05) is 5.92 Å². The third kappa shape index (κ3) is 2.06. The van der Waals surface area contributed by atoms with Gasteiger partial charge in [-0.25, -0.2) is 0 Å². The molecule has 0 atom stereocenters. The van der Waals surface area contributed by atoms with Gasteiger partial charge in [-0.05, 0) is 23.6 Å². The molecule has 1 radical (unpaired) electrons. The zero-order valence-corrected chi connectivity index (χ0v) is 8.93. The fourth-order valence-electron chi connectivity index (χ4n) is 1.59. The van der Waals surface area contributed by atoms with Crippen molar-refractivity contribution in [2.24, 2.45) is 0 Å². The maximum Gasteiger partial charge on any atom is 0.122 e. The van der Waals surface area contributed by atoms with Crippen LogP contribution in [-0.2, 0) is 6.42 Å². The van der Waals surface area contributed by atoms with Crippen LogP contribution in [0.3, 0.4) is 0 Å². The van der Waals surface area contributed by atoms with E-state index in [2.05, 4.69) is 0 Å². The molecule has 0 amide bonds. The predicted octanol–water partition coefficient (Wildman–Crippen LogP) is 3.17. The summed E-state index contributed by atoms with van der Waals surface area (Å²) >= 11 is 0. The Hall–Kier alpha value is -1.05. The normalized spacial score (nSPS) is 10.6. The van der Waals surface area contributed by atoms with Crippen LogP contribution in [0.2, 0.25) is 0 Å². The van der Waals surface area contributed by atoms with Crippen LogP contribution in [0, 0.1) is 5.92 Å². The van der Waals surface area contributed by atoms with Gasteiger partial charge in [0.2, 0.25) is 0 Å². The lowest BCUT2D eigenvalue weighted by Crippen LogP contribution is -2.03. The van der Waals surface area contributed by atoms with Gasteiger partial charge in [-0.1, -0.05) is 26.0 Å². The average molecular weight is 195 g/mol. The molecule has 2 heteroatoms. The molecule has 14 heavy (non-hydrogen) atoms. The van der Waals surface area contributed by atoms with Crippen molar-refractivity contribution in [2.75, 3.05) is 13.8 Å². The van der Waals surface area contributed by atoms with Crippen molar-refractivity contribution in [3.8, 4) is 5.75 Å². The minimum absolute atomic E-state index is 0.403. The molecule has 0 aliphatic heterocycles. The molecular formula is C12H16FO. The van der Waals surface area contributed by atoms with Gasteiger partial charge in [0.1, 0.15) is 5.75 Å². The van der Waals surface area contributed by atoms with Crippen LogP contribution in [0.1, 0.15) is 25.0 Å². The zero-order valence-electron chi connectivity index (χ0n) is 8.93.